The Bertz CT molecular complexity index is 444. The van der Waals surface area contributed by atoms with Gasteiger partial charge in [-0.2, -0.15) is 0 Å². The number of halogens is 1. The molecular weight excluding hydrogens is 233 g/mol. The highest BCUT2D eigenvalue weighted by Gasteiger charge is 2.17. The van der Waals surface area contributed by atoms with Gasteiger partial charge in [-0.3, -0.25) is 0 Å². The van der Waals surface area contributed by atoms with E-state index in [0.29, 0.717) is 5.56 Å². The van der Waals surface area contributed by atoms with Gasteiger partial charge in [0.05, 0.1) is 17.0 Å². The molecule has 0 unspecified atom stereocenters. The standard InChI is InChI=1S/C10H14FNO3S/c1-16(14,15)8-4-2-7(3-5-8)10(13)9(12)6-11/h2-5,9-10,13H,6,12H2,1H3/t9-,10-/m1/s1. The van der Waals surface area contributed by atoms with Gasteiger partial charge in [-0.1, -0.05) is 12.1 Å². The van der Waals surface area contributed by atoms with Gasteiger partial charge in [0.1, 0.15) is 6.67 Å². The van der Waals surface area contributed by atoms with Crippen LogP contribution in [-0.2, 0) is 9.84 Å². The number of hydrogen-bond donors (Lipinski definition) is 2. The largest absolute Gasteiger partial charge is 0.387 e. The second-order valence-corrected chi connectivity index (χ2v) is 5.62. The van der Waals surface area contributed by atoms with E-state index < -0.39 is 28.7 Å². The van der Waals surface area contributed by atoms with E-state index in [9.17, 15) is 17.9 Å². The highest BCUT2D eigenvalue weighted by molar-refractivity contribution is 7.90. The predicted octanol–water partition coefficient (Wildman–Crippen LogP) is 0.420. The van der Waals surface area contributed by atoms with Crippen LogP contribution >= 0.6 is 0 Å². The normalized spacial score (nSPS) is 15.8. The molecule has 4 nitrogen and oxygen atoms in total. The predicted molar refractivity (Wildman–Crippen MR) is 58.5 cm³/mol. The number of rotatable bonds is 4. The Kier molecular flexibility index (Phi) is 4.01. The van der Waals surface area contributed by atoms with Crippen LogP contribution in [-0.4, -0.2) is 32.5 Å². The summed E-state index contributed by atoms with van der Waals surface area (Å²) in [6.07, 6.45) is -0.0373. The van der Waals surface area contributed by atoms with E-state index in [2.05, 4.69) is 0 Å². The minimum atomic E-state index is -3.26. The van der Waals surface area contributed by atoms with Crippen LogP contribution in [0.15, 0.2) is 29.2 Å². The molecule has 1 rings (SSSR count). The monoisotopic (exact) mass is 247 g/mol. The van der Waals surface area contributed by atoms with Gasteiger partial charge in [0.2, 0.25) is 0 Å². The SMILES string of the molecule is CS(=O)(=O)c1ccc([C@@H](O)[C@H](N)CF)cc1. The molecular formula is C10H14FNO3S. The van der Waals surface area contributed by atoms with Crippen LogP contribution in [0.1, 0.15) is 11.7 Å². The summed E-state index contributed by atoms with van der Waals surface area (Å²) in [6, 6.07) is 4.58. The van der Waals surface area contributed by atoms with Crippen molar-refractivity contribution in [3.05, 3.63) is 29.8 Å². The lowest BCUT2D eigenvalue weighted by molar-refractivity contribution is 0.132. The molecule has 0 aliphatic carbocycles. The van der Waals surface area contributed by atoms with Crippen molar-refractivity contribution < 1.29 is 17.9 Å². The molecule has 1 aromatic carbocycles. The van der Waals surface area contributed by atoms with E-state index in [1.54, 1.807) is 0 Å². The van der Waals surface area contributed by atoms with Crippen molar-refractivity contribution in [2.75, 3.05) is 12.9 Å². The van der Waals surface area contributed by atoms with Crippen LogP contribution in [0.2, 0.25) is 0 Å². The van der Waals surface area contributed by atoms with Crippen molar-refractivity contribution in [3.63, 3.8) is 0 Å². The van der Waals surface area contributed by atoms with Crippen molar-refractivity contribution in [2.45, 2.75) is 17.0 Å². The summed E-state index contributed by atoms with van der Waals surface area (Å²) in [4.78, 5) is 0.150. The average molecular weight is 247 g/mol. The summed E-state index contributed by atoms with van der Waals surface area (Å²) in [7, 11) is -3.26. The number of hydrogen-bond acceptors (Lipinski definition) is 4. The van der Waals surface area contributed by atoms with Gasteiger partial charge in [0.25, 0.3) is 0 Å². The zero-order valence-corrected chi connectivity index (χ0v) is 9.61. The highest BCUT2D eigenvalue weighted by Crippen LogP contribution is 2.18. The van der Waals surface area contributed by atoms with E-state index in [1.807, 2.05) is 0 Å². The minimum absolute atomic E-state index is 0.150. The second kappa shape index (κ2) is 4.90. The third kappa shape index (κ3) is 3.01. The van der Waals surface area contributed by atoms with Gasteiger partial charge in [0, 0.05) is 6.26 Å². The number of aliphatic hydroxyl groups is 1. The molecule has 0 saturated heterocycles. The van der Waals surface area contributed by atoms with E-state index in [-0.39, 0.29) is 4.90 Å². The Morgan fingerprint density at radius 3 is 2.25 bits per heavy atom. The number of alkyl halides is 1. The van der Waals surface area contributed by atoms with Gasteiger partial charge >= 0.3 is 0 Å². The highest BCUT2D eigenvalue weighted by atomic mass is 32.2. The fourth-order valence-electron chi connectivity index (χ4n) is 1.24. The van der Waals surface area contributed by atoms with E-state index >= 15 is 0 Å². The van der Waals surface area contributed by atoms with Crippen molar-refractivity contribution in [1.82, 2.24) is 0 Å². The van der Waals surface area contributed by atoms with E-state index in [4.69, 9.17) is 5.73 Å². The van der Waals surface area contributed by atoms with Crippen molar-refractivity contribution >= 4 is 9.84 Å². The first-order valence-electron chi connectivity index (χ1n) is 4.66. The number of aliphatic hydroxyl groups excluding tert-OH is 1. The maximum Gasteiger partial charge on any atom is 0.175 e. The Morgan fingerprint density at radius 1 is 1.38 bits per heavy atom. The van der Waals surface area contributed by atoms with Gasteiger partial charge in [-0.15, -0.1) is 0 Å². The molecule has 6 heteroatoms. The number of nitrogens with two attached hydrogens (primary N) is 1. The summed E-state index contributed by atoms with van der Waals surface area (Å²) in [5.41, 5.74) is 5.73. The lowest BCUT2D eigenvalue weighted by atomic mass is 10.0. The van der Waals surface area contributed by atoms with Crippen LogP contribution in [0.4, 0.5) is 4.39 Å². The Hall–Kier alpha value is -0.980. The smallest absolute Gasteiger partial charge is 0.175 e. The maximum absolute atomic E-state index is 12.2. The van der Waals surface area contributed by atoms with Crippen LogP contribution < -0.4 is 5.73 Å². The van der Waals surface area contributed by atoms with Gasteiger partial charge < -0.3 is 10.8 Å². The van der Waals surface area contributed by atoms with Crippen LogP contribution in [0, 0.1) is 0 Å². The molecule has 0 radical (unpaired) electrons. The molecule has 0 spiro atoms. The van der Waals surface area contributed by atoms with Crippen molar-refractivity contribution in [2.24, 2.45) is 5.73 Å². The topological polar surface area (TPSA) is 80.4 Å². The molecule has 0 heterocycles. The van der Waals surface area contributed by atoms with E-state index in [1.165, 1.54) is 24.3 Å². The first-order chi connectivity index (χ1) is 7.36. The van der Waals surface area contributed by atoms with Gasteiger partial charge in [0.15, 0.2) is 9.84 Å². The molecule has 2 atom stereocenters. The zero-order valence-electron chi connectivity index (χ0n) is 8.80. The fraction of sp³-hybridized carbons (Fsp3) is 0.400. The molecule has 0 saturated carbocycles. The lowest BCUT2D eigenvalue weighted by Crippen LogP contribution is -2.30. The summed E-state index contributed by atoms with van der Waals surface area (Å²) in [6.45, 7) is -0.838. The summed E-state index contributed by atoms with van der Waals surface area (Å²) >= 11 is 0. The Labute approximate surface area is 93.8 Å². The summed E-state index contributed by atoms with van der Waals surface area (Å²) < 4.78 is 34.5. The van der Waals surface area contributed by atoms with Gasteiger partial charge in [-0.05, 0) is 17.7 Å². The molecule has 0 aliphatic rings. The zero-order chi connectivity index (χ0) is 12.3. The fourth-order valence-corrected chi connectivity index (χ4v) is 1.87. The quantitative estimate of drug-likeness (QED) is 0.808. The maximum atomic E-state index is 12.2. The Balaban J connectivity index is 2.96. The molecule has 0 fully saturated rings. The van der Waals surface area contributed by atoms with Crippen molar-refractivity contribution in [3.8, 4) is 0 Å². The summed E-state index contributed by atoms with van der Waals surface area (Å²) in [5.74, 6) is 0. The first-order valence-corrected chi connectivity index (χ1v) is 6.55. The third-order valence-corrected chi connectivity index (χ3v) is 3.36. The van der Waals surface area contributed by atoms with Crippen LogP contribution in [0.5, 0.6) is 0 Å². The van der Waals surface area contributed by atoms with Crippen LogP contribution in [0.25, 0.3) is 0 Å². The average Bonchev–Trinajstić information content (AvgIpc) is 2.26. The molecule has 3 N–H and O–H groups in total. The van der Waals surface area contributed by atoms with Gasteiger partial charge in [-0.25, -0.2) is 12.8 Å². The van der Waals surface area contributed by atoms with Crippen LogP contribution in [0.3, 0.4) is 0 Å². The third-order valence-electron chi connectivity index (χ3n) is 2.23. The molecule has 90 valence electrons. The molecule has 16 heavy (non-hydrogen) atoms. The molecule has 1 aromatic rings. The molecule has 0 bridgehead atoms. The number of benzene rings is 1. The van der Waals surface area contributed by atoms with E-state index in [0.717, 1.165) is 6.26 Å². The van der Waals surface area contributed by atoms with Crippen molar-refractivity contribution in [1.29, 1.82) is 0 Å². The molecule has 0 amide bonds. The first kappa shape index (κ1) is 13.1. The number of sulfone groups is 1. The molecule has 0 aromatic heterocycles. The Morgan fingerprint density at radius 2 is 1.88 bits per heavy atom. The summed E-state index contributed by atoms with van der Waals surface area (Å²) in [5, 5.41) is 9.57. The lowest BCUT2D eigenvalue weighted by Gasteiger charge is -2.16. The molecule has 0 aliphatic heterocycles. The minimum Gasteiger partial charge on any atom is -0.387 e. The second-order valence-electron chi connectivity index (χ2n) is 3.60.